The molecule has 0 aliphatic rings. The van der Waals surface area contributed by atoms with E-state index in [1.54, 1.807) is 12.1 Å². The molecule has 98 valence electrons. The number of nitrogens with two attached hydrogens (primary N) is 2. The van der Waals surface area contributed by atoms with Gasteiger partial charge in [0.25, 0.3) is 0 Å². The fraction of sp³-hybridized carbons (Fsp3) is 0.333. The highest BCUT2D eigenvalue weighted by Gasteiger charge is 2.02. The Morgan fingerprint density at radius 2 is 1.89 bits per heavy atom. The molecule has 2 amide bonds. The standard InChI is InChI=1S/C12H17N3O3/c13-10-4-1-9(2-5-10)3-6-11(16)15-7-8-18-12(14)17/h1-2,4-5H,3,6-8,13H2,(H2,14,17)(H,15,16). The third-order valence-corrected chi connectivity index (χ3v) is 2.29. The average molecular weight is 251 g/mol. The maximum atomic E-state index is 11.4. The smallest absolute Gasteiger partial charge is 0.404 e. The highest BCUT2D eigenvalue weighted by Crippen LogP contribution is 2.07. The lowest BCUT2D eigenvalue weighted by molar-refractivity contribution is -0.121. The Hall–Kier alpha value is -2.24. The molecular formula is C12H17N3O3. The van der Waals surface area contributed by atoms with Crippen molar-refractivity contribution >= 4 is 17.7 Å². The summed E-state index contributed by atoms with van der Waals surface area (Å²) in [5.41, 5.74) is 12.1. The van der Waals surface area contributed by atoms with E-state index in [-0.39, 0.29) is 19.1 Å². The predicted molar refractivity (Wildman–Crippen MR) is 67.7 cm³/mol. The van der Waals surface area contributed by atoms with Gasteiger partial charge in [-0.25, -0.2) is 4.79 Å². The number of primary amides is 1. The first-order chi connectivity index (χ1) is 8.58. The Bertz CT molecular complexity index is 404. The van der Waals surface area contributed by atoms with Crippen molar-refractivity contribution in [1.29, 1.82) is 0 Å². The number of hydrogen-bond donors (Lipinski definition) is 3. The van der Waals surface area contributed by atoms with Crippen LogP contribution in [0.5, 0.6) is 0 Å². The van der Waals surface area contributed by atoms with Crippen LogP contribution in [0.1, 0.15) is 12.0 Å². The molecule has 0 bridgehead atoms. The van der Waals surface area contributed by atoms with Gasteiger partial charge in [0.1, 0.15) is 6.61 Å². The SMILES string of the molecule is NC(=O)OCCNC(=O)CCc1ccc(N)cc1. The van der Waals surface area contributed by atoms with Crippen LogP contribution in [0.15, 0.2) is 24.3 Å². The van der Waals surface area contributed by atoms with Gasteiger partial charge < -0.3 is 21.5 Å². The van der Waals surface area contributed by atoms with Gasteiger partial charge in [-0.05, 0) is 24.1 Å². The Morgan fingerprint density at radius 1 is 1.22 bits per heavy atom. The average Bonchev–Trinajstić information content (AvgIpc) is 2.34. The van der Waals surface area contributed by atoms with Gasteiger partial charge in [-0.2, -0.15) is 0 Å². The van der Waals surface area contributed by atoms with Crippen LogP contribution in [-0.4, -0.2) is 25.2 Å². The quantitative estimate of drug-likeness (QED) is 0.502. The summed E-state index contributed by atoms with van der Waals surface area (Å²) in [4.78, 5) is 21.7. The van der Waals surface area contributed by atoms with Crippen molar-refractivity contribution in [3.8, 4) is 0 Å². The van der Waals surface area contributed by atoms with Crippen molar-refractivity contribution in [2.24, 2.45) is 5.73 Å². The molecule has 0 radical (unpaired) electrons. The second-order valence-corrected chi connectivity index (χ2v) is 3.76. The number of ether oxygens (including phenoxy) is 1. The molecule has 0 aliphatic heterocycles. The first-order valence-corrected chi connectivity index (χ1v) is 5.61. The molecule has 0 saturated carbocycles. The van der Waals surface area contributed by atoms with E-state index in [1.807, 2.05) is 12.1 Å². The van der Waals surface area contributed by atoms with Crippen molar-refractivity contribution in [1.82, 2.24) is 5.32 Å². The topological polar surface area (TPSA) is 107 Å². The molecular weight excluding hydrogens is 234 g/mol. The summed E-state index contributed by atoms with van der Waals surface area (Å²) in [5.74, 6) is -0.0973. The number of carbonyl (C=O) groups excluding carboxylic acids is 2. The minimum absolute atomic E-state index is 0.0863. The first-order valence-electron chi connectivity index (χ1n) is 5.61. The van der Waals surface area contributed by atoms with Gasteiger partial charge in [0.15, 0.2) is 0 Å². The summed E-state index contributed by atoms with van der Waals surface area (Å²) in [5, 5.41) is 2.62. The number of benzene rings is 1. The van der Waals surface area contributed by atoms with E-state index in [0.717, 1.165) is 5.56 Å². The zero-order chi connectivity index (χ0) is 13.4. The minimum atomic E-state index is -0.842. The molecule has 0 spiro atoms. The molecule has 0 aliphatic carbocycles. The first kappa shape index (κ1) is 13.8. The van der Waals surface area contributed by atoms with Gasteiger partial charge in [0.2, 0.25) is 5.91 Å². The maximum Gasteiger partial charge on any atom is 0.404 e. The van der Waals surface area contributed by atoms with Gasteiger partial charge in [-0.1, -0.05) is 12.1 Å². The zero-order valence-electron chi connectivity index (χ0n) is 10.0. The van der Waals surface area contributed by atoms with Crippen molar-refractivity contribution in [2.75, 3.05) is 18.9 Å². The van der Waals surface area contributed by atoms with E-state index in [1.165, 1.54) is 0 Å². The lowest BCUT2D eigenvalue weighted by Crippen LogP contribution is -2.29. The number of hydrogen-bond acceptors (Lipinski definition) is 4. The molecule has 0 saturated heterocycles. The maximum absolute atomic E-state index is 11.4. The molecule has 18 heavy (non-hydrogen) atoms. The van der Waals surface area contributed by atoms with Crippen LogP contribution >= 0.6 is 0 Å². The van der Waals surface area contributed by atoms with Crippen LogP contribution in [0.2, 0.25) is 0 Å². The van der Waals surface area contributed by atoms with E-state index >= 15 is 0 Å². The van der Waals surface area contributed by atoms with Gasteiger partial charge in [0, 0.05) is 12.1 Å². The summed E-state index contributed by atoms with van der Waals surface area (Å²) < 4.78 is 4.48. The van der Waals surface area contributed by atoms with Crippen molar-refractivity contribution in [3.63, 3.8) is 0 Å². The predicted octanol–water partition coefficient (Wildman–Crippen LogP) is 0.413. The number of anilines is 1. The molecule has 1 aromatic rings. The Labute approximate surface area is 105 Å². The molecule has 1 rings (SSSR count). The number of aryl methyl sites for hydroxylation is 1. The number of nitrogen functional groups attached to an aromatic ring is 1. The molecule has 1 aromatic carbocycles. The number of nitrogens with one attached hydrogen (secondary N) is 1. The molecule has 0 atom stereocenters. The lowest BCUT2D eigenvalue weighted by atomic mass is 10.1. The van der Waals surface area contributed by atoms with Crippen LogP contribution in [-0.2, 0) is 16.0 Å². The number of rotatable bonds is 6. The molecule has 0 fully saturated rings. The normalized spacial score (nSPS) is 9.78. The van der Waals surface area contributed by atoms with E-state index in [4.69, 9.17) is 11.5 Å². The third kappa shape index (κ3) is 5.74. The van der Waals surface area contributed by atoms with Gasteiger partial charge in [-0.3, -0.25) is 4.79 Å². The lowest BCUT2D eigenvalue weighted by Gasteiger charge is -2.05. The van der Waals surface area contributed by atoms with Crippen molar-refractivity contribution < 1.29 is 14.3 Å². The van der Waals surface area contributed by atoms with Crippen LogP contribution in [0.4, 0.5) is 10.5 Å². The largest absolute Gasteiger partial charge is 0.448 e. The van der Waals surface area contributed by atoms with Crippen molar-refractivity contribution in [2.45, 2.75) is 12.8 Å². The molecule has 6 nitrogen and oxygen atoms in total. The number of carbonyl (C=O) groups is 2. The second kappa shape index (κ2) is 7.16. The van der Waals surface area contributed by atoms with E-state index in [9.17, 15) is 9.59 Å². The highest BCUT2D eigenvalue weighted by molar-refractivity contribution is 5.76. The van der Waals surface area contributed by atoms with Gasteiger partial charge >= 0.3 is 6.09 Å². The molecule has 6 heteroatoms. The van der Waals surface area contributed by atoms with E-state index in [2.05, 4.69) is 10.1 Å². The fourth-order valence-electron chi connectivity index (χ4n) is 1.37. The van der Waals surface area contributed by atoms with Crippen LogP contribution in [0.25, 0.3) is 0 Å². The van der Waals surface area contributed by atoms with E-state index < -0.39 is 6.09 Å². The van der Waals surface area contributed by atoms with Gasteiger partial charge in [-0.15, -0.1) is 0 Å². The van der Waals surface area contributed by atoms with E-state index in [0.29, 0.717) is 18.5 Å². The summed E-state index contributed by atoms with van der Waals surface area (Å²) >= 11 is 0. The summed E-state index contributed by atoms with van der Waals surface area (Å²) in [6, 6.07) is 7.37. The minimum Gasteiger partial charge on any atom is -0.448 e. The van der Waals surface area contributed by atoms with Crippen LogP contribution in [0.3, 0.4) is 0 Å². The Kier molecular flexibility index (Phi) is 5.50. The Balaban J connectivity index is 2.17. The van der Waals surface area contributed by atoms with Crippen molar-refractivity contribution in [3.05, 3.63) is 29.8 Å². The highest BCUT2D eigenvalue weighted by atomic mass is 16.5. The molecule has 0 unspecified atom stereocenters. The monoisotopic (exact) mass is 251 g/mol. The van der Waals surface area contributed by atoms with Gasteiger partial charge in [0.05, 0.1) is 6.54 Å². The molecule has 5 N–H and O–H groups in total. The molecule has 0 heterocycles. The zero-order valence-corrected chi connectivity index (χ0v) is 10.0. The summed E-state index contributed by atoms with van der Waals surface area (Å²) in [6.07, 6.45) is 0.176. The van der Waals surface area contributed by atoms with Crippen LogP contribution in [0, 0.1) is 0 Å². The fourth-order valence-corrected chi connectivity index (χ4v) is 1.37. The summed E-state index contributed by atoms with van der Waals surface area (Å²) in [7, 11) is 0. The van der Waals surface area contributed by atoms with Crippen LogP contribution < -0.4 is 16.8 Å². The second-order valence-electron chi connectivity index (χ2n) is 3.76. The molecule has 0 aromatic heterocycles. The number of amides is 2. The third-order valence-electron chi connectivity index (χ3n) is 2.29. The summed E-state index contributed by atoms with van der Waals surface area (Å²) in [6.45, 7) is 0.354. The Morgan fingerprint density at radius 3 is 2.50 bits per heavy atom.